The molecule has 0 heterocycles. The van der Waals surface area contributed by atoms with E-state index in [0.717, 1.165) is 25.7 Å². The highest BCUT2D eigenvalue weighted by Gasteiger charge is 2.28. The molecule has 1 aromatic carbocycles. The van der Waals surface area contributed by atoms with Crippen molar-refractivity contribution in [2.45, 2.75) is 63.7 Å². The average molecular weight is 319 g/mol. The van der Waals surface area contributed by atoms with Crippen LogP contribution in [0.2, 0.25) is 0 Å². The van der Waals surface area contributed by atoms with Crippen LogP contribution in [-0.4, -0.2) is 29.2 Å². The monoisotopic (exact) mass is 319 g/mol. The minimum Gasteiger partial charge on any atom is -0.479 e. The molecule has 0 aromatic heterocycles. The van der Waals surface area contributed by atoms with Crippen LogP contribution < -0.4 is 5.32 Å². The fourth-order valence-corrected chi connectivity index (χ4v) is 2.95. The summed E-state index contributed by atoms with van der Waals surface area (Å²) < 4.78 is 5.91. The third-order valence-corrected chi connectivity index (χ3v) is 4.24. The lowest BCUT2D eigenvalue weighted by atomic mass is 9.97. The van der Waals surface area contributed by atoms with Gasteiger partial charge in [0.25, 0.3) is 0 Å². The Morgan fingerprint density at radius 3 is 2.43 bits per heavy atom. The lowest BCUT2D eigenvalue weighted by Gasteiger charge is -2.27. The molecule has 2 atom stereocenters. The lowest BCUT2D eigenvalue weighted by Crippen LogP contribution is -2.42. The molecule has 0 radical (unpaired) electrons. The maximum Gasteiger partial charge on any atom is 0.330 e. The number of carbonyl (C=O) groups is 2. The largest absolute Gasteiger partial charge is 0.479 e. The van der Waals surface area contributed by atoms with E-state index < -0.39 is 18.1 Å². The predicted molar refractivity (Wildman–Crippen MR) is 87.0 cm³/mol. The van der Waals surface area contributed by atoms with Gasteiger partial charge in [-0.3, -0.25) is 4.79 Å². The van der Waals surface area contributed by atoms with Crippen LogP contribution in [0.3, 0.4) is 0 Å². The normalized spacial score (nSPS) is 18.1. The summed E-state index contributed by atoms with van der Waals surface area (Å²) in [5.74, 6) is -1.42. The number of aliphatic carboxylic acids is 1. The minimum absolute atomic E-state index is 0.111. The number of ether oxygens (including phenoxy) is 1. The Bertz CT molecular complexity index is 511. The van der Waals surface area contributed by atoms with E-state index >= 15 is 0 Å². The van der Waals surface area contributed by atoms with Crippen molar-refractivity contribution in [3.05, 3.63) is 35.9 Å². The molecule has 126 valence electrons. The third-order valence-electron chi connectivity index (χ3n) is 4.24. The fraction of sp³-hybridized carbons (Fsp3) is 0.556. The van der Waals surface area contributed by atoms with Crippen molar-refractivity contribution in [3.8, 4) is 0 Å². The first-order chi connectivity index (χ1) is 11.1. The number of amides is 1. The number of rotatable bonds is 7. The van der Waals surface area contributed by atoms with Crippen LogP contribution in [0.5, 0.6) is 0 Å². The first kappa shape index (κ1) is 17.5. The maximum atomic E-state index is 12.4. The van der Waals surface area contributed by atoms with E-state index in [1.54, 1.807) is 24.3 Å². The van der Waals surface area contributed by atoms with Crippen LogP contribution in [0.15, 0.2) is 30.3 Å². The van der Waals surface area contributed by atoms with Crippen LogP contribution in [-0.2, 0) is 14.3 Å². The molecular weight excluding hydrogens is 294 g/mol. The Balaban J connectivity index is 1.99. The van der Waals surface area contributed by atoms with Gasteiger partial charge in [0.1, 0.15) is 6.10 Å². The molecule has 0 spiro atoms. The lowest BCUT2D eigenvalue weighted by molar-refractivity contribution is -0.146. The molecule has 0 bridgehead atoms. The van der Waals surface area contributed by atoms with E-state index in [0.29, 0.717) is 12.0 Å². The first-order valence-electron chi connectivity index (χ1n) is 8.35. The molecule has 0 aliphatic heterocycles. The number of benzene rings is 1. The van der Waals surface area contributed by atoms with Gasteiger partial charge in [-0.2, -0.15) is 0 Å². The Kier molecular flexibility index (Phi) is 6.59. The quantitative estimate of drug-likeness (QED) is 0.810. The van der Waals surface area contributed by atoms with Gasteiger partial charge in [-0.05, 0) is 24.8 Å². The molecule has 1 aliphatic rings. The summed E-state index contributed by atoms with van der Waals surface area (Å²) in [6.45, 7) is 1.88. The molecule has 23 heavy (non-hydrogen) atoms. The van der Waals surface area contributed by atoms with Crippen LogP contribution >= 0.6 is 0 Å². The van der Waals surface area contributed by atoms with Gasteiger partial charge in [-0.1, -0.05) is 56.5 Å². The summed E-state index contributed by atoms with van der Waals surface area (Å²) >= 11 is 0. The Morgan fingerprint density at radius 1 is 1.22 bits per heavy atom. The third kappa shape index (κ3) is 5.06. The average Bonchev–Trinajstić information content (AvgIpc) is 2.58. The zero-order valence-electron chi connectivity index (χ0n) is 13.5. The van der Waals surface area contributed by atoms with Crippen molar-refractivity contribution in [1.82, 2.24) is 5.32 Å². The molecule has 1 aliphatic carbocycles. The summed E-state index contributed by atoms with van der Waals surface area (Å²) in [7, 11) is 0. The van der Waals surface area contributed by atoms with E-state index in [2.05, 4.69) is 5.32 Å². The second-order valence-corrected chi connectivity index (χ2v) is 5.98. The smallest absolute Gasteiger partial charge is 0.330 e. The van der Waals surface area contributed by atoms with E-state index in [4.69, 9.17) is 4.74 Å². The Morgan fingerprint density at radius 2 is 1.87 bits per heavy atom. The molecule has 2 N–H and O–H groups in total. The molecule has 0 saturated heterocycles. The van der Waals surface area contributed by atoms with Gasteiger partial charge in [0.2, 0.25) is 5.91 Å². The van der Waals surface area contributed by atoms with E-state index in [1.165, 1.54) is 6.42 Å². The predicted octanol–water partition coefficient (Wildman–Crippen LogP) is 3.06. The SMILES string of the molecule is CCC(OC1CCCCC1)C(=O)NC(C(=O)O)c1ccccc1. The summed E-state index contributed by atoms with van der Waals surface area (Å²) in [6, 6.07) is 7.67. The van der Waals surface area contributed by atoms with Gasteiger partial charge in [-0.15, -0.1) is 0 Å². The van der Waals surface area contributed by atoms with Gasteiger partial charge >= 0.3 is 5.97 Å². The number of hydrogen-bond acceptors (Lipinski definition) is 3. The highest BCUT2D eigenvalue weighted by molar-refractivity contribution is 5.87. The van der Waals surface area contributed by atoms with Gasteiger partial charge in [0.15, 0.2) is 6.04 Å². The molecule has 5 nitrogen and oxygen atoms in total. The maximum absolute atomic E-state index is 12.4. The van der Waals surface area contributed by atoms with Crippen LogP contribution in [0, 0.1) is 0 Å². The summed E-state index contributed by atoms with van der Waals surface area (Å²) in [5.41, 5.74) is 0.556. The molecule has 2 unspecified atom stereocenters. The zero-order valence-corrected chi connectivity index (χ0v) is 13.5. The molecule has 1 aromatic rings. The number of hydrogen-bond donors (Lipinski definition) is 2. The van der Waals surface area contributed by atoms with Gasteiger partial charge in [0.05, 0.1) is 6.10 Å². The Labute approximate surface area is 137 Å². The molecule has 5 heteroatoms. The van der Waals surface area contributed by atoms with Gasteiger partial charge < -0.3 is 15.2 Å². The van der Waals surface area contributed by atoms with Gasteiger partial charge in [0, 0.05) is 0 Å². The second kappa shape index (κ2) is 8.67. The number of carbonyl (C=O) groups excluding carboxylic acids is 1. The highest BCUT2D eigenvalue weighted by Crippen LogP contribution is 2.22. The van der Waals surface area contributed by atoms with Crippen molar-refractivity contribution in [3.63, 3.8) is 0 Å². The highest BCUT2D eigenvalue weighted by atomic mass is 16.5. The van der Waals surface area contributed by atoms with Gasteiger partial charge in [-0.25, -0.2) is 4.79 Å². The van der Waals surface area contributed by atoms with Crippen molar-refractivity contribution in [2.75, 3.05) is 0 Å². The molecular formula is C18H25NO4. The van der Waals surface area contributed by atoms with Crippen molar-refractivity contribution in [1.29, 1.82) is 0 Å². The minimum atomic E-state index is -1.07. The summed E-state index contributed by atoms with van der Waals surface area (Å²) in [6.07, 6.45) is 5.48. The number of carboxylic acids is 1. The van der Waals surface area contributed by atoms with Crippen molar-refractivity contribution in [2.24, 2.45) is 0 Å². The number of nitrogens with one attached hydrogen (secondary N) is 1. The van der Waals surface area contributed by atoms with E-state index in [1.807, 2.05) is 13.0 Å². The van der Waals surface area contributed by atoms with E-state index in [9.17, 15) is 14.7 Å². The molecule has 2 rings (SSSR count). The molecule has 1 amide bonds. The van der Waals surface area contributed by atoms with E-state index in [-0.39, 0.29) is 12.0 Å². The Hall–Kier alpha value is -1.88. The summed E-state index contributed by atoms with van der Waals surface area (Å²) in [4.78, 5) is 23.9. The topological polar surface area (TPSA) is 75.6 Å². The molecule has 1 fully saturated rings. The van der Waals surface area contributed by atoms with Crippen LogP contribution in [0.25, 0.3) is 0 Å². The summed E-state index contributed by atoms with van der Waals surface area (Å²) in [5, 5.41) is 12.0. The number of carboxylic acid groups (broad SMARTS) is 1. The fourth-order valence-electron chi connectivity index (χ4n) is 2.95. The van der Waals surface area contributed by atoms with Crippen LogP contribution in [0.1, 0.15) is 57.1 Å². The van der Waals surface area contributed by atoms with Crippen molar-refractivity contribution >= 4 is 11.9 Å². The van der Waals surface area contributed by atoms with Crippen LogP contribution in [0.4, 0.5) is 0 Å². The standard InChI is InChI=1S/C18H25NO4/c1-2-15(23-14-11-7-4-8-12-14)17(20)19-16(18(21)22)13-9-5-3-6-10-13/h3,5-6,9-10,14-16H,2,4,7-8,11-12H2,1H3,(H,19,20)(H,21,22). The molecule has 1 saturated carbocycles. The van der Waals surface area contributed by atoms with Crippen molar-refractivity contribution < 1.29 is 19.4 Å². The second-order valence-electron chi connectivity index (χ2n) is 5.98. The first-order valence-corrected chi connectivity index (χ1v) is 8.35. The zero-order chi connectivity index (χ0) is 16.7.